The highest BCUT2D eigenvalue weighted by Gasteiger charge is 2.28. The van der Waals surface area contributed by atoms with Crippen molar-refractivity contribution in [1.29, 1.82) is 0 Å². The van der Waals surface area contributed by atoms with Crippen LogP contribution in [0.2, 0.25) is 0 Å². The summed E-state index contributed by atoms with van der Waals surface area (Å²) in [6, 6.07) is 20.5. The number of carbonyl (C=O) groups is 1. The molecule has 4 aromatic rings. The maximum absolute atomic E-state index is 13.8. The number of rotatable bonds is 9. The molecule has 0 bridgehead atoms. The molecule has 0 aliphatic rings. The molecule has 0 fully saturated rings. The Morgan fingerprint density at radius 2 is 1.59 bits per heavy atom. The number of fused-ring (bicyclic) bond motifs is 1. The van der Waals surface area contributed by atoms with Gasteiger partial charge >= 0.3 is 6.03 Å². The predicted molar refractivity (Wildman–Crippen MR) is 143 cm³/mol. The van der Waals surface area contributed by atoms with Crippen LogP contribution < -0.4 is 20.3 Å². The number of urea groups is 1. The first-order valence-corrected chi connectivity index (χ1v) is 11.8. The van der Waals surface area contributed by atoms with Gasteiger partial charge in [0, 0.05) is 13.7 Å². The highest BCUT2D eigenvalue weighted by molar-refractivity contribution is 5.91. The Morgan fingerprint density at radius 1 is 0.946 bits per heavy atom. The molecule has 9 heteroatoms. The lowest BCUT2D eigenvalue weighted by atomic mass is 10.1. The molecule has 1 heterocycles. The quantitative estimate of drug-likeness (QED) is 0.358. The molecule has 1 aromatic heterocycles. The third-order valence-corrected chi connectivity index (χ3v) is 6.11. The zero-order valence-corrected chi connectivity index (χ0v) is 21.3. The van der Waals surface area contributed by atoms with Crippen LogP contribution in [0, 0.1) is 0 Å². The lowest BCUT2D eigenvalue weighted by Crippen LogP contribution is -2.41. The minimum atomic E-state index is -0.618. The molecular weight excluding hydrogens is 472 g/mol. The van der Waals surface area contributed by atoms with Crippen molar-refractivity contribution in [3.63, 3.8) is 0 Å². The van der Waals surface area contributed by atoms with E-state index in [1.165, 1.54) is 4.57 Å². The van der Waals surface area contributed by atoms with Crippen molar-refractivity contribution in [2.75, 3.05) is 39.8 Å². The van der Waals surface area contributed by atoms with Crippen molar-refractivity contribution in [3.8, 4) is 17.2 Å². The van der Waals surface area contributed by atoms with E-state index in [1.807, 2.05) is 37.3 Å². The van der Waals surface area contributed by atoms with Crippen molar-refractivity contribution in [1.82, 2.24) is 14.5 Å². The van der Waals surface area contributed by atoms with Crippen LogP contribution in [0.4, 0.5) is 10.5 Å². The Balaban J connectivity index is 1.86. The number of nitrogens with zero attached hydrogens (tertiary/aromatic N) is 3. The van der Waals surface area contributed by atoms with E-state index in [-0.39, 0.29) is 24.7 Å². The van der Waals surface area contributed by atoms with E-state index in [9.17, 15) is 9.59 Å². The predicted octanol–water partition coefficient (Wildman–Crippen LogP) is 4.64. The van der Waals surface area contributed by atoms with Crippen LogP contribution in [0.15, 0.2) is 77.6 Å². The number of aromatic nitrogens is 2. The molecular formula is C28H30N4O5. The normalized spacial score (nSPS) is 11.7. The minimum Gasteiger partial charge on any atom is -0.495 e. The van der Waals surface area contributed by atoms with Crippen molar-refractivity contribution < 1.29 is 19.0 Å². The average Bonchev–Trinajstić information content (AvgIpc) is 2.93. The van der Waals surface area contributed by atoms with Gasteiger partial charge in [-0.1, -0.05) is 36.4 Å². The summed E-state index contributed by atoms with van der Waals surface area (Å²) in [7, 11) is 4.66. The first-order valence-electron chi connectivity index (χ1n) is 11.8. The standard InChI is InChI=1S/C28H30N4O5/c1-19(31(17-18-35-2)28(34)30-22-13-7-9-15-24(22)36-3)26-29-21-12-6-5-11-20(21)27(33)32(26)23-14-8-10-16-25(23)37-4/h5-16,19H,17-18H2,1-4H3,(H,30,34). The van der Waals surface area contributed by atoms with Gasteiger partial charge in [0.15, 0.2) is 0 Å². The summed E-state index contributed by atoms with van der Waals surface area (Å²) in [5.74, 6) is 1.43. The molecule has 1 unspecified atom stereocenters. The molecule has 0 spiro atoms. The van der Waals surface area contributed by atoms with E-state index in [0.717, 1.165) is 0 Å². The fourth-order valence-corrected chi connectivity index (χ4v) is 4.21. The third-order valence-electron chi connectivity index (χ3n) is 6.11. The van der Waals surface area contributed by atoms with Gasteiger partial charge in [0.25, 0.3) is 5.56 Å². The lowest BCUT2D eigenvalue weighted by Gasteiger charge is -2.31. The molecule has 9 nitrogen and oxygen atoms in total. The van der Waals surface area contributed by atoms with Crippen LogP contribution in [0.1, 0.15) is 18.8 Å². The first kappa shape index (κ1) is 25.7. The smallest absolute Gasteiger partial charge is 0.322 e. The molecule has 37 heavy (non-hydrogen) atoms. The van der Waals surface area contributed by atoms with Gasteiger partial charge in [-0.3, -0.25) is 9.36 Å². The second-order valence-corrected chi connectivity index (χ2v) is 8.29. The number of anilines is 1. The van der Waals surface area contributed by atoms with Crippen LogP contribution in [0.3, 0.4) is 0 Å². The molecule has 0 radical (unpaired) electrons. The molecule has 0 aliphatic carbocycles. The molecule has 1 atom stereocenters. The Morgan fingerprint density at radius 3 is 2.32 bits per heavy atom. The topological polar surface area (TPSA) is 94.9 Å². The lowest BCUT2D eigenvalue weighted by molar-refractivity contribution is 0.137. The molecule has 3 aromatic carbocycles. The molecule has 0 saturated carbocycles. The SMILES string of the molecule is COCCN(C(=O)Nc1ccccc1OC)C(C)c1nc2ccccc2c(=O)n1-c1ccccc1OC. The van der Waals surface area contributed by atoms with Crippen molar-refractivity contribution >= 4 is 22.6 Å². The summed E-state index contributed by atoms with van der Waals surface area (Å²) < 4.78 is 17.8. The summed E-state index contributed by atoms with van der Waals surface area (Å²) in [4.78, 5) is 33.8. The van der Waals surface area contributed by atoms with Gasteiger partial charge in [-0.25, -0.2) is 9.78 Å². The second-order valence-electron chi connectivity index (χ2n) is 8.29. The van der Waals surface area contributed by atoms with E-state index >= 15 is 0 Å². The van der Waals surface area contributed by atoms with E-state index < -0.39 is 6.04 Å². The number of carbonyl (C=O) groups excluding carboxylic acids is 1. The molecule has 2 amide bonds. The largest absolute Gasteiger partial charge is 0.495 e. The number of amides is 2. The van der Waals surface area contributed by atoms with Crippen molar-refractivity contribution in [2.45, 2.75) is 13.0 Å². The van der Waals surface area contributed by atoms with Gasteiger partial charge in [0.1, 0.15) is 17.3 Å². The van der Waals surface area contributed by atoms with E-state index in [2.05, 4.69) is 5.32 Å². The highest BCUT2D eigenvalue weighted by Crippen LogP contribution is 2.29. The molecule has 0 saturated heterocycles. The number of benzene rings is 3. The van der Waals surface area contributed by atoms with Crippen molar-refractivity contribution in [2.24, 2.45) is 0 Å². The summed E-state index contributed by atoms with van der Waals surface area (Å²) in [6.45, 7) is 2.38. The van der Waals surface area contributed by atoms with Gasteiger partial charge in [-0.05, 0) is 43.3 Å². The van der Waals surface area contributed by atoms with Crippen LogP contribution in [0.25, 0.3) is 16.6 Å². The fraction of sp³-hybridized carbons (Fsp3) is 0.250. The fourth-order valence-electron chi connectivity index (χ4n) is 4.21. The monoisotopic (exact) mass is 502 g/mol. The van der Waals surface area contributed by atoms with Gasteiger partial charge in [-0.2, -0.15) is 0 Å². The zero-order chi connectivity index (χ0) is 26.4. The number of ether oxygens (including phenoxy) is 3. The summed E-state index contributed by atoms with van der Waals surface area (Å²) in [6.07, 6.45) is 0. The molecule has 1 N–H and O–H groups in total. The van der Waals surface area contributed by atoms with Crippen molar-refractivity contribution in [3.05, 3.63) is 89.0 Å². The Kier molecular flexibility index (Phi) is 8.05. The van der Waals surface area contributed by atoms with Crippen LogP contribution >= 0.6 is 0 Å². The van der Waals surface area contributed by atoms with Gasteiger partial charge in [-0.15, -0.1) is 0 Å². The summed E-state index contributed by atoms with van der Waals surface area (Å²) in [5, 5.41) is 3.39. The second kappa shape index (κ2) is 11.6. The number of nitrogens with one attached hydrogen (secondary N) is 1. The Labute approximate surface area is 215 Å². The van der Waals surface area contributed by atoms with Gasteiger partial charge in [0.05, 0.1) is 49.1 Å². The van der Waals surface area contributed by atoms with E-state index in [0.29, 0.717) is 39.6 Å². The number of hydrogen-bond donors (Lipinski definition) is 1. The number of methoxy groups -OCH3 is 3. The zero-order valence-electron chi connectivity index (χ0n) is 21.3. The molecule has 4 rings (SSSR count). The van der Waals surface area contributed by atoms with Crippen LogP contribution in [-0.2, 0) is 4.74 Å². The average molecular weight is 503 g/mol. The maximum atomic E-state index is 13.8. The number of hydrogen-bond acceptors (Lipinski definition) is 6. The number of para-hydroxylation sites is 5. The Hall–Kier alpha value is -4.37. The third kappa shape index (κ3) is 5.26. The summed E-state index contributed by atoms with van der Waals surface area (Å²) in [5.41, 5.74) is 1.34. The van der Waals surface area contributed by atoms with Gasteiger partial charge < -0.3 is 24.4 Å². The first-order chi connectivity index (χ1) is 18.0. The van der Waals surface area contributed by atoms with Crippen LogP contribution in [-0.4, -0.2) is 55.0 Å². The highest BCUT2D eigenvalue weighted by atomic mass is 16.5. The Bertz CT molecular complexity index is 1450. The molecule has 192 valence electrons. The minimum absolute atomic E-state index is 0.256. The van der Waals surface area contributed by atoms with E-state index in [1.54, 1.807) is 68.7 Å². The molecule has 0 aliphatic heterocycles. The maximum Gasteiger partial charge on any atom is 0.322 e. The van der Waals surface area contributed by atoms with Crippen LogP contribution in [0.5, 0.6) is 11.5 Å². The van der Waals surface area contributed by atoms with Gasteiger partial charge in [0.2, 0.25) is 0 Å². The summed E-state index contributed by atoms with van der Waals surface area (Å²) >= 11 is 0. The van der Waals surface area contributed by atoms with E-state index in [4.69, 9.17) is 19.2 Å².